The molecule has 0 aliphatic heterocycles. The van der Waals surface area contributed by atoms with Gasteiger partial charge in [-0.3, -0.25) is 4.79 Å². The molecule has 0 aliphatic carbocycles. The monoisotopic (exact) mass is 289 g/mol. The Balaban J connectivity index is 2.01. The van der Waals surface area contributed by atoms with E-state index >= 15 is 0 Å². The van der Waals surface area contributed by atoms with Crippen molar-refractivity contribution in [2.45, 2.75) is 33.4 Å². The number of nitrogens with zero attached hydrogens (tertiary/aromatic N) is 1. The van der Waals surface area contributed by atoms with Crippen LogP contribution in [-0.4, -0.2) is 10.9 Å². The lowest BCUT2D eigenvalue weighted by Crippen LogP contribution is -2.19. The van der Waals surface area contributed by atoms with Crippen LogP contribution in [0.3, 0.4) is 0 Å². The number of aryl methyl sites for hydroxylation is 1. The van der Waals surface area contributed by atoms with Gasteiger partial charge < -0.3 is 10.6 Å². The van der Waals surface area contributed by atoms with Crippen LogP contribution >= 0.6 is 11.3 Å². The van der Waals surface area contributed by atoms with Crippen molar-refractivity contribution in [2.75, 3.05) is 5.32 Å². The largest absolute Gasteiger partial charge is 0.326 e. The first-order chi connectivity index (χ1) is 9.56. The van der Waals surface area contributed by atoms with Gasteiger partial charge in [0.05, 0.1) is 6.04 Å². The Bertz CT molecular complexity index is 594. The fourth-order valence-electron chi connectivity index (χ4n) is 1.91. The number of anilines is 1. The van der Waals surface area contributed by atoms with E-state index in [1.807, 2.05) is 31.2 Å². The molecule has 20 heavy (non-hydrogen) atoms. The molecule has 0 aliphatic rings. The number of benzene rings is 1. The van der Waals surface area contributed by atoms with Gasteiger partial charge in [-0.1, -0.05) is 18.2 Å². The van der Waals surface area contributed by atoms with Gasteiger partial charge in [-0.05, 0) is 25.5 Å². The fraction of sp³-hybridized carbons (Fsp3) is 0.333. The minimum atomic E-state index is -0.0546. The summed E-state index contributed by atoms with van der Waals surface area (Å²) in [5.41, 5.74) is 2.98. The summed E-state index contributed by atoms with van der Waals surface area (Å²) < 4.78 is 0. The third-order valence-corrected chi connectivity index (χ3v) is 4.08. The van der Waals surface area contributed by atoms with Crippen LogP contribution in [0.1, 0.15) is 36.2 Å². The first kappa shape index (κ1) is 14.7. The third kappa shape index (κ3) is 3.88. The Kier molecular flexibility index (Phi) is 4.87. The number of para-hydroxylation sites is 1. The van der Waals surface area contributed by atoms with Gasteiger partial charge in [-0.15, -0.1) is 11.3 Å². The zero-order valence-electron chi connectivity index (χ0n) is 11.9. The molecule has 1 amide bonds. The number of carbonyl (C=O) groups is 1. The van der Waals surface area contributed by atoms with Crippen molar-refractivity contribution in [3.8, 4) is 0 Å². The zero-order chi connectivity index (χ0) is 14.5. The van der Waals surface area contributed by atoms with Gasteiger partial charge in [0.1, 0.15) is 5.01 Å². The van der Waals surface area contributed by atoms with Crippen LogP contribution in [0, 0.1) is 6.92 Å². The van der Waals surface area contributed by atoms with E-state index in [0.717, 1.165) is 22.0 Å². The maximum absolute atomic E-state index is 11.2. The molecular formula is C15H19N3OS. The molecule has 0 spiro atoms. The molecule has 2 rings (SSSR count). The topological polar surface area (TPSA) is 54.0 Å². The van der Waals surface area contributed by atoms with Crippen molar-refractivity contribution in [2.24, 2.45) is 0 Å². The van der Waals surface area contributed by atoms with E-state index in [4.69, 9.17) is 0 Å². The summed E-state index contributed by atoms with van der Waals surface area (Å²) in [4.78, 5) is 15.7. The summed E-state index contributed by atoms with van der Waals surface area (Å²) in [5.74, 6) is -0.0546. The van der Waals surface area contributed by atoms with Crippen LogP contribution in [-0.2, 0) is 11.3 Å². The van der Waals surface area contributed by atoms with E-state index in [9.17, 15) is 4.79 Å². The van der Waals surface area contributed by atoms with Crippen molar-refractivity contribution < 1.29 is 4.79 Å². The molecule has 1 heterocycles. The lowest BCUT2D eigenvalue weighted by Gasteiger charge is -2.14. The van der Waals surface area contributed by atoms with Gasteiger partial charge in [0.2, 0.25) is 5.91 Å². The molecule has 1 aromatic heterocycles. The first-order valence-electron chi connectivity index (χ1n) is 6.57. The predicted molar refractivity (Wildman–Crippen MR) is 82.9 cm³/mol. The Morgan fingerprint density at radius 1 is 1.40 bits per heavy atom. The van der Waals surface area contributed by atoms with Crippen molar-refractivity contribution in [1.82, 2.24) is 10.3 Å². The fourth-order valence-corrected chi connectivity index (χ4v) is 2.74. The molecule has 5 heteroatoms. The molecule has 0 saturated heterocycles. The maximum Gasteiger partial charge on any atom is 0.221 e. The summed E-state index contributed by atoms with van der Waals surface area (Å²) in [7, 11) is 0. The molecule has 0 radical (unpaired) electrons. The second-order valence-corrected chi connectivity index (χ2v) is 5.66. The first-order valence-corrected chi connectivity index (χ1v) is 7.45. The molecule has 2 aromatic rings. The number of hydrogen-bond acceptors (Lipinski definition) is 4. The van der Waals surface area contributed by atoms with E-state index < -0.39 is 0 Å². The summed E-state index contributed by atoms with van der Waals surface area (Å²) in [5, 5.41) is 9.43. The minimum absolute atomic E-state index is 0.0546. The molecular weight excluding hydrogens is 270 g/mol. The van der Waals surface area contributed by atoms with E-state index in [2.05, 4.69) is 27.9 Å². The summed E-state index contributed by atoms with van der Waals surface area (Å²) in [6, 6.07) is 8.01. The van der Waals surface area contributed by atoms with Gasteiger partial charge in [0.25, 0.3) is 0 Å². The normalized spacial score (nSPS) is 12.2. The summed E-state index contributed by atoms with van der Waals surface area (Å²) >= 11 is 1.66. The third-order valence-electron chi connectivity index (χ3n) is 2.93. The smallest absolute Gasteiger partial charge is 0.221 e. The standard InChI is InChI=1S/C15H19N3OS/c1-10-9-20-15(17-10)11(2)16-8-13-6-4-5-7-14(13)18-12(3)19/h4-7,9,11,16H,8H2,1-3H3,(H,18,19). The quantitative estimate of drug-likeness (QED) is 0.888. The van der Waals surface area contributed by atoms with Crippen LogP contribution in [0.25, 0.3) is 0 Å². The molecule has 0 saturated carbocycles. The average molecular weight is 289 g/mol. The number of rotatable bonds is 5. The molecule has 1 unspecified atom stereocenters. The summed E-state index contributed by atoms with van der Waals surface area (Å²) in [6.45, 7) is 6.31. The minimum Gasteiger partial charge on any atom is -0.326 e. The molecule has 4 nitrogen and oxygen atoms in total. The number of hydrogen-bond donors (Lipinski definition) is 2. The van der Waals surface area contributed by atoms with Crippen molar-refractivity contribution in [3.63, 3.8) is 0 Å². The van der Waals surface area contributed by atoms with Crippen LogP contribution in [0.5, 0.6) is 0 Å². The lowest BCUT2D eigenvalue weighted by atomic mass is 10.1. The molecule has 1 aromatic carbocycles. The molecule has 2 N–H and O–H groups in total. The molecule has 1 atom stereocenters. The second-order valence-electron chi connectivity index (χ2n) is 4.77. The van der Waals surface area contributed by atoms with E-state index in [0.29, 0.717) is 6.54 Å². The van der Waals surface area contributed by atoms with Crippen LogP contribution < -0.4 is 10.6 Å². The highest BCUT2D eigenvalue weighted by molar-refractivity contribution is 7.09. The highest BCUT2D eigenvalue weighted by atomic mass is 32.1. The zero-order valence-corrected chi connectivity index (χ0v) is 12.8. The molecule has 106 valence electrons. The van der Waals surface area contributed by atoms with Crippen molar-refractivity contribution >= 4 is 22.9 Å². The van der Waals surface area contributed by atoms with Gasteiger partial charge in [-0.2, -0.15) is 0 Å². The van der Waals surface area contributed by atoms with Crippen molar-refractivity contribution in [3.05, 3.63) is 45.9 Å². The Morgan fingerprint density at radius 2 is 2.15 bits per heavy atom. The Hall–Kier alpha value is -1.72. The maximum atomic E-state index is 11.2. The number of nitrogens with one attached hydrogen (secondary N) is 2. The number of amides is 1. The highest BCUT2D eigenvalue weighted by Gasteiger charge is 2.10. The number of thiazole rings is 1. The molecule has 0 bridgehead atoms. The highest BCUT2D eigenvalue weighted by Crippen LogP contribution is 2.20. The van der Waals surface area contributed by atoms with E-state index in [-0.39, 0.29) is 11.9 Å². The van der Waals surface area contributed by atoms with Crippen molar-refractivity contribution in [1.29, 1.82) is 0 Å². The number of aromatic nitrogens is 1. The molecule has 0 fully saturated rings. The Labute approximate surface area is 123 Å². The lowest BCUT2D eigenvalue weighted by molar-refractivity contribution is -0.114. The number of carbonyl (C=O) groups excluding carboxylic acids is 1. The van der Waals surface area contributed by atoms with Gasteiger partial charge in [0.15, 0.2) is 0 Å². The second kappa shape index (κ2) is 6.63. The van der Waals surface area contributed by atoms with Gasteiger partial charge >= 0.3 is 0 Å². The van der Waals surface area contributed by atoms with Crippen LogP contribution in [0.15, 0.2) is 29.6 Å². The van der Waals surface area contributed by atoms with Gasteiger partial charge in [0, 0.05) is 30.2 Å². The predicted octanol–water partition coefficient (Wildman–Crippen LogP) is 3.26. The average Bonchev–Trinajstić information content (AvgIpc) is 2.83. The van der Waals surface area contributed by atoms with E-state index in [1.54, 1.807) is 11.3 Å². The van der Waals surface area contributed by atoms with Crippen LogP contribution in [0.4, 0.5) is 5.69 Å². The summed E-state index contributed by atoms with van der Waals surface area (Å²) in [6.07, 6.45) is 0. The van der Waals surface area contributed by atoms with Gasteiger partial charge in [-0.25, -0.2) is 4.98 Å². The van der Waals surface area contributed by atoms with E-state index in [1.165, 1.54) is 6.92 Å². The Morgan fingerprint density at radius 3 is 2.80 bits per heavy atom. The SMILES string of the molecule is CC(=O)Nc1ccccc1CNC(C)c1nc(C)cs1. The van der Waals surface area contributed by atoms with Crippen LogP contribution in [0.2, 0.25) is 0 Å².